The van der Waals surface area contributed by atoms with Gasteiger partial charge in [0.25, 0.3) is 5.69 Å². The molecule has 8 heteroatoms. The summed E-state index contributed by atoms with van der Waals surface area (Å²) in [4.78, 5) is 20.6. The van der Waals surface area contributed by atoms with E-state index in [1.807, 2.05) is 0 Å². The summed E-state index contributed by atoms with van der Waals surface area (Å²) in [5.74, 6) is -1.23. The number of nitrogens with zero attached hydrogens (tertiary/aromatic N) is 1. The molecule has 2 aromatic carbocycles. The van der Waals surface area contributed by atoms with E-state index in [4.69, 9.17) is 5.11 Å². The average molecular weight is 335 g/mol. The number of sulfone groups is 1. The predicted octanol–water partition coefficient (Wildman–Crippen LogP) is 2.20. The summed E-state index contributed by atoms with van der Waals surface area (Å²) in [6.45, 7) is 0. The lowest BCUT2D eigenvalue weighted by Crippen LogP contribution is -2.05. The van der Waals surface area contributed by atoms with Crippen molar-refractivity contribution < 1.29 is 23.2 Å². The van der Waals surface area contributed by atoms with Gasteiger partial charge in [-0.2, -0.15) is 0 Å². The topological polar surface area (TPSA) is 115 Å². The molecule has 2 rings (SSSR count). The molecule has 0 spiro atoms. The molecule has 0 fully saturated rings. The van der Waals surface area contributed by atoms with Crippen LogP contribution in [0.3, 0.4) is 0 Å². The predicted molar refractivity (Wildman–Crippen MR) is 81.8 cm³/mol. The van der Waals surface area contributed by atoms with Crippen LogP contribution in [0.4, 0.5) is 5.69 Å². The molecule has 0 saturated heterocycles. The molecule has 0 bridgehead atoms. The lowest BCUT2D eigenvalue weighted by atomic mass is 10.1. The maximum atomic E-state index is 12.3. The second-order valence-corrected chi connectivity index (χ2v) is 6.89. The van der Waals surface area contributed by atoms with Gasteiger partial charge >= 0.3 is 5.97 Å². The number of nitro benzene ring substituents is 1. The number of benzene rings is 2. The highest BCUT2D eigenvalue weighted by molar-refractivity contribution is 7.90. The Labute approximate surface area is 132 Å². The Morgan fingerprint density at radius 3 is 2.00 bits per heavy atom. The molecular formula is C15H13NO6S. The molecular weight excluding hydrogens is 322 g/mol. The highest BCUT2D eigenvalue weighted by Crippen LogP contribution is 2.20. The minimum absolute atomic E-state index is 0.00212. The van der Waals surface area contributed by atoms with Crippen LogP contribution in [0.15, 0.2) is 53.4 Å². The molecule has 1 N–H and O–H groups in total. The van der Waals surface area contributed by atoms with Gasteiger partial charge in [0, 0.05) is 12.1 Å². The first-order valence-corrected chi connectivity index (χ1v) is 8.20. The zero-order chi connectivity index (χ0) is 17.0. The van der Waals surface area contributed by atoms with Crippen molar-refractivity contribution in [2.45, 2.75) is 17.1 Å². The number of nitro groups is 1. The fourth-order valence-corrected chi connectivity index (χ4v) is 3.35. The zero-order valence-corrected chi connectivity index (χ0v) is 12.7. The van der Waals surface area contributed by atoms with E-state index in [0.29, 0.717) is 11.1 Å². The lowest BCUT2D eigenvalue weighted by Gasteiger charge is -2.05. The van der Waals surface area contributed by atoms with Gasteiger partial charge < -0.3 is 5.11 Å². The molecule has 2 aromatic rings. The van der Waals surface area contributed by atoms with Crippen molar-refractivity contribution in [1.29, 1.82) is 0 Å². The van der Waals surface area contributed by atoms with Crippen molar-refractivity contribution in [3.05, 3.63) is 69.8 Å². The van der Waals surface area contributed by atoms with Crippen molar-refractivity contribution in [2.24, 2.45) is 0 Å². The summed E-state index contributed by atoms with van der Waals surface area (Å²) < 4.78 is 24.6. The van der Waals surface area contributed by atoms with Gasteiger partial charge in [-0.3, -0.25) is 14.9 Å². The number of hydrogen-bond donors (Lipinski definition) is 1. The van der Waals surface area contributed by atoms with Crippen LogP contribution in [-0.4, -0.2) is 24.4 Å². The molecule has 0 aliphatic rings. The molecule has 0 radical (unpaired) electrons. The molecule has 0 aliphatic heterocycles. The van der Waals surface area contributed by atoms with Gasteiger partial charge in [-0.25, -0.2) is 8.42 Å². The van der Waals surface area contributed by atoms with Crippen LogP contribution in [0.25, 0.3) is 0 Å². The number of carbonyl (C=O) groups is 1. The normalized spacial score (nSPS) is 11.1. The number of carboxylic acids is 1. The number of rotatable bonds is 6. The average Bonchev–Trinajstić information content (AvgIpc) is 2.48. The van der Waals surface area contributed by atoms with E-state index in [1.165, 1.54) is 12.1 Å². The molecule has 0 aromatic heterocycles. The molecule has 0 unspecified atom stereocenters. The molecule has 0 aliphatic carbocycles. The van der Waals surface area contributed by atoms with Crippen molar-refractivity contribution in [3.8, 4) is 0 Å². The van der Waals surface area contributed by atoms with Crippen LogP contribution in [0.5, 0.6) is 0 Å². The van der Waals surface area contributed by atoms with Crippen LogP contribution >= 0.6 is 0 Å². The second kappa shape index (κ2) is 6.57. The SMILES string of the molecule is O=C(O)Cc1ccc(CS(=O)(=O)c2ccc([N+](=O)[O-])cc2)cc1. The quantitative estimate of drug-likeness (QED) is 0.639. The van der Waals surface area contributed by atoms with Gasteiger partial charge in [-0.05, 0) is 23.3 Å². The minimum atomic E-state index is -3.63. The smallest absolute Gasteiger partial charge is 0.307 e. The number of carboxylic acid groups (broad SMARTS) is 1. The first kappa shape index (κ1) is 16.6. The van der Waals surface area contributed by atoms with Crippen molar-refractivity contribution in [2.75, 3.05) is 0 Å². The fourth-order valence-electron chi connectivity index (χ4n) is 2.01. The van der Waals surface area contributed by atoms with E-state index in [9.17, 15) is 23.3 Å². The Morgan fingerprint density at radius 1 is 1.00 bits per heavy atom. The lowest BCUT2D eigenvalue weighted by molar-refractivity contribution is -0.384. The van der Waals surface area contributed by atoms with E-state index >= 15 is 0 Å². The van der Waals surface area contributed by atoms with E-state index in [-0.39, 0.29) is 22.8 Å². The molecule has 120 valence electrons. The summed E-state index contributed by atoms with van der Waals surface area (Å²) >= 11 is 0. The van der Waals surface area contributed by atoms with Gasteiger partial charge in [0.05, 0.1) is 22.0 Å². The van der Waals surface area contributed by atoms with Crippen LogP contribution in [-0.2, 0) is 26.8 Å². The van der Waals surface area contributed by atoms with Crippen molar-refractivity contribution >= 4 is 21.5 Å². The Kier molecular flexibility index (Phi) is 4.75. The summed E-state index contributed by atoms with van der Waals surface area (Å²) in [7, 11) is -3.63. The third-order valence-electron chi connectivity index (χ3n) is 3.14. The largest absolute Gasteiger partial charge is 0.481 e. The van der Waals surface area contributed by atoms with Gasteiger partial charge in [-0.1, -0.05) is 24.3 Å². The van der Waals surface area contributed by atoms with Gasteiger partial charge in [0.15, 0.2) is 9.84 Å². The Bertz CT molecular complexity index is 825. The number of aliphatic carboxylic acids is 1. The monoisotopic (exact) mass is 335 g/mol. The maximum Gasteiger partial charge on any atom is 0.307 e. The Hall–Kier alpha value is -2.74. The third-order valence-corrected chi connectivity index (χ3v) is 4.85. The standard InChI is InChI=1S/C15H13NO6S/c17-15(18)9-11-1-3-12(4-2-11)10-23(21,22)14-7-5-13(6-8-14)16(19)20/h1-8H,9-10H2,(H,17,18). The molecule has 0 heterocycles. The van der Waals surface area contributed by atoms with Crippen LogP contribution < -0.4 is 0 Å². The van der Waals surface area contributed by atoms with Gasteiger partial charge in [-0.15, -0.1) is 0 Å². The van der Waals surface area contributed by atoms with Crippen molar-refractivity contribution in [3.63, 3.8) is 0 Å². The van der Waals surface area contributed by atoms with E-state index in [1.54, 1.807) is 24.3 Å². The first-order valence-electron chi connectivity index (χ1n) is 6.55. The summed E-state index contributed by atoms with van der Waals surface area (Å²) in [6.07, 6.45) is -0.130. The zero-order valence-electron chi connectivity index (χ0n) is 11.9. The van der Waals surface area contributed by atoms with Crippen molar-refractivity contribution in [1.82, 2.24) is 0 Å². The highest BCUT2D eigenvalue weighted by Gasteiger charge is 2.17. The molecule has 23 heavy (non-hydrogen) atoms. The third kappa shape index (κ3) is 4.36. The van der Waals surface area contributed by atoms with Crippen LogP contribution in [0, 0.1) is 10.1 Å². The van der Waals surface area contributed by atoms with E-state index < -0.39 is 20.7 Å². The second-order valence-electron chi connectivity index (χ2n) is 4.90. The number of non-ortho nitro benzene ring substituents is 1. The van der Waals surface area contributed by atoms with Crippen LogP contribution in [0.1, 0.15) is 11.1 Å². The molecule has 7 nitrogen and oxygen atoms in total. The van der Waals surface area contributed by atoms with Gasteiger partial charge in [0.1, 0.15) is 0 Å². The highest BCUT2D eigenvalue weighted by atomic mass is 32.2. The molecule has 0 atom stereocenters. The first-order chi connectivity index (χ1) is 10.8. The fraction of sp³-hybridized carbons (Fsp3) is 0.133. The van der Waals surface area contributed by atoms with Gasteiger partial charge in [0.2, 0.25) is 0 Å². The molecule has 0 amide bonds. The van der Waals surface area contributed by atoms with E-state index in [2.05, 4.69) is 0 Å². The van der Waals surface area contributed by atoms with E-state index in [0.717, 1.165) is 12.1 Å². The Balaban J connectivity index is 2.17. The number of hydrogen-bond acceptors (Lipinski definition) is 5. The van der Waals surface area contributed by atoms with Crippen LogP contribution in [0.2, 0.25) is 0 Å². The summed E-state index contributed by atoms with van der Waals surface area (Å²) in [5.41, 5.74) is 0.911. The minimum Gasteiger partial charge on any atom is -0.481 e. The summed E-state index contributed by atoms with van der Waals surface area (Å²) in [6, 6.07) is 10.9. The molecule has 0 saturated carbocycles. The maximum absolute atomic E-state index is 12.3. The summed E-state index contributed by atoms with van der Waals surface area (Å²) in [5, 5.41) is 19.3. The Morgan fingerprint density at radius 2 is 1.52 bits per heavy atom.